The second-order valence-corrected chi connectivity index (χ2v) is 7.09. The molecule has 0 spiro atoms. The van der Waals surface area contributed by atoms with Gasteiger partial charge in [0.15, 0.2) is 0 Å². The maximum Gasteiger partial charge on any atom is 0.311 e. The van der Waals surface area contributed by atoms with Crippen LogP contribution in [0.4, 0.5) is 0 Å². The SMILES string of the molecule is COc1ccc(C2(CNC(=O)c3c(C)coc3CC(=O)O)CCOCC2)cc1. The number of carboxylic acid groups (broad SMARTS) is 1. The number of methoxy groups -OCH3 is 1. The normalized spacial score (nSPS) is 15.8. The van der Waals surface area contributed by atoms with E-state index in [1.165, 1.54) is 6.26 Å². The summed E-state index contributed by atoms with van der Waals surface area (Å²) in [6, 6.07) is 7.88. The maximum atomic E-state index is 12.8. The molecule has 1 aliphatic rings. The first-order chi connectivity index (χ1) is 13.4. The van der Waals surface area contributed by atoms with Crippen LogP contribution in [0, 0.1) is 6.92 Å². The number of carbonyl (C=O) groups is 2. The molecular formula is C21H25NO6. The minimum Gasteiger partial charge on any atom is -0.497 e. The first-order valence-corrected chi connectivity index (χ1v) is 9.24. The van der Waals surface area contributed by atoms with Crippen molar-refractivity contribution in [3.8, 4) is 5.75 Å². The van der Waals surface area contributed by atoms with Crippen LogP contribution >= 0.6 is 0 Å². The van der Waals surface area contributed by atoms with Gasteiger partial charge in [0.05, 0.1) is 18.9 Å². The van der Waals surface area contributed by atoms with Crippen LogP contribution in [0.2, 0.25) is 0 Å². The number of carboxylic acids is 1. The van der Waals surface area contributed by atoms with E-state index in [2.05, 4.69) is 5.32 Å². The number of aryl methyl sites for hydroxylation is 1. The van der Waals surface area contributed by atoms with Crippen LogP contribution in [-0.4, -0.2) is 43.9 Å². The molecule has 0 bridgehead atoms. The van der Waals surface area contributed by atoms with E-state index in [1.54, 1.807) is 14.0 Å². The van der Waals surface area contributed by atoms with E-state index in [9.17, 15) is 9.59 Å². The molecule has 150 valence electrons. The molecule has 0 saturated carbocycles. The zero-order chi connectivity index (χ0) is 20.1. The van der Waals surface area contributed by atoms with Crippen molar-refractivity contribution < 1.29 is 28.6 Å². The van der Waals surface area contributed by atoms with Crippen molar-refractivity contribution in [1.29, 1.82) is 0 Å². The molecule has 0 unspecified atom stereocenters. The number of hydrogen-bond donors (Lipinski definition) is 2. The van der Waals surface area contributed by atoms with Gasteiger partial charge in [-0.1, -0.05) is 12.1 Å². The van der Waals surface area contributed by atoms with Crippen LogP contribution in [0.3, 0.4) is 0 Å². The Morgan fingerprint density at radius 2 is 1.89 bits per heavy atom. The maximum absolute atomic E-state index is 12.8. The molecule has 7 heteroatoms. The summed E-state index contributed by atoms with van der Waals surface area (Å²) in [5.74, 6) is -0.403. The van der Waals surface area contributed by atoms with Crippen LogP contribution < -0.4 is 10.1 Å². The molecule has 1 aromatic heterocycles. The van der Waals surface area contributed by atoms with E-state index >= 15 is 0 Å². The molecule has 2 heterocycles. The number of benzene rings is 1. The number of amides is 1. The third kappa shape index (κ3) is 4.20. The van der Waals surface area contributed by atoms with E-state index in [1.807, 2.05) is 24.3 Å². The molecule has 1 fully saturated rings. The predicted molar refractivity (Wildman–Crippen MR) is 102 cm³/mol. The number of hydrogen-bond acceptors (Lipinski definition) is 5. The average Bonchev–Trinajstić information content (AvgIpc) is 3.06. The molecule has 0 aliphatic carbocycles. The average molecular weight is 387 g/mol. The van der Waals surface area contributed by atoms with E-state index in [0.717, 1.165) is 24.2 Å². The zero-order valence-corrected chi connectivity index (χ0v) is 16.1. The summed E-state index contributed by atoms with van der Waals surface area (Å²) in [6.07, 6.45) is 2.66. The molecule has 0 atom stereocenters. The first kappa shape index (κ1) is 19.9. The highest BCUT2D eigenvalue weighted by Gasteiger charge is 2.35. The summed E-state index contributed by atoms with van der Waals surface area (Å²) in [4.78, 5) is 23.9. The third-order valence-electron chi connectivity index (χ3n) is 5.33. The van der Waals surface area contributed by atoms with Crippen LogP contribution in [0.5, 0.6) is 5.75 Å². The number of aliphatic carboxylic acids is 1. The highest BCUT2D eigenvalue weighted by molar-refractivity contribution is 5.97. The van der Waals surface area contributed by atoms with Crippen LogP contribution in [0.25, 0.3) is 0 Å². The van der Waals surface area contributed by atoms with E-state index in [0.29, 0.717) is 30.9 Å². The van der Waals surface area contributed by atoms with Gasteiger partial charge in [0.1, 0.15) is 17.9 Å². The molecule has 1 amide bonds. The fourth-order valence-corrected chi connectivity index (χ4v) is 3.68. The van der Waals surface area contributed by atoms with Crippen molar-refractivity contribution >= 4 is 11.9 Å². The second kappa shape index (κ2) is 8.48. The van der Waals surface area contributed by atoms with Gasteiger partial charge in [-0.25, -0.2) is 0 Å². The number of carbonyl (C=O) groups excluding carboxylic acids is 1. The van der Waals surface area contributed by atoms with Crippen LogP contribution in [0.15, 0.2) is 34.9 Å². The van der Waals surface area contributed by atoms with Gasteiger partial charge in [-0.15, -0.1) is 0 Å². The first-order valence-electron chi connectivity index (χ1n) is 9.24. The van der Waals surface area contributed by atoms with Gasteiger partial charge in [-0.05, 0) is 37.5 Å². The summed E-state index contributed by atoms with van der Waals surface area (Å²) in [5, 5.41) is 12.0. The fourth-order valence-electron chi connectivity index (χ4n) is 3.68. The monoisotopic (exact) mass is 387 g/mol. The highest BCUT2D eigenvalue weighted by atomic mass is 16.5. The summed E-state index contributed by atoms with van der Waals surface area (Å²) < 4.78 is 16.1. The van der Waals surface area contributed by atoms with Crippen molar-refractivity contribution in [3.63, 3.8) is 0 Å². The summed E-state index contributed by atoms with van der Waals surface area (Å²) >= 11 is 0. The smallest absolute Gasteiger partial charge is 0.311 e. The van der Waals surface area contributed by atoms with Crippen molar-refractivity contribution in [2.24, 2.45) is 0 Å². The second-order valence-electron chi connectivity index (χ2n) is 7.09. The van der Waals surface area contributed by atoms with Gasteiger partial charge in [0.2, 0.25) is 0 Å². The Labute approximate surface area is 163 Å². The van der Waals surface area contributed by atoms with E-state index < -0.39 is 5.97 Å². The van der Waals surface area contributed by atoms with Gasteiger partial charge in [0.25, 0.3) is 5.91 Å². The van der Waals surface area contributed by atoms with Crippen molar-refractivity contribution in [2.75, 3.05) is 26.9 Å². The van der Waals surface area contributed by atoms with Gasteiger partial charge in [-0.3, -0.25) is 9.59 Å². The molecule has 3 rings (SSSR count). The van der Waals surface area contributed by atoms with Gasteiger partial charge < -0.3 is 24.3 Å². The lowest BCUT2D eigenvalue weighted by molar-refractivity contribution is -0.136. The molecule has 0 radical (unpaired) electrons. The lowest BCUT2D eigenvalue weighted by Gasteiger charge is -2.38. The van der Waals surface area contributed by atoms with Crippen molar-refractivity contribution in [3.05, 3.63) is 53.0 Å². The summed E-state index contributed by atoms with van der Waals surface area (Å²) in [5.41, 5.74) is 1.80. The quantitative estimate of drug-likeness (QED) is 0.758. The minimum absolute atomic E-state index is 0.174. The molecule has 1 aliphatic heterocycles. The molecule has 1 saturated heterocycles. The number of ether oxygens (including phenoxy) is 2. The summed E-state index contributed by atoms with van der Waals surface area (Å²) in [6.45, 7) is 3.41. The fraction of sp³-hybridized carbons (Fsp3) is 0.429. The topological polar surface area (TPSA) is 98.0 Å². The minimum atomic E-state index is -1.04. The lowest BCUT2D eigenvalue weighted by Crippen LogP contribution is -2.44. The Hall–Kier alpha value is -2.80. The zero-order valence-electron chi connectivity index (χ0n) is 16.1. The number of furan rings is 1. The summed E-state index contributed by atoms with van der Waals surface area (Å²) in [7, 11) is 1.63. The van der Waals surface area contributed by atoms with E-state index in [-0.39, 0.29) is 23.5 Å². The Morgan fingerprint density at radius 3 is 2.50 bits per heavy atom. The predicted octanol–water partition coefficient (Wildman–Crippen LogP) is 2.70. The molecular weight excluding hydrogens is 362 g/mol. The van der Waals surface area contributed by atoms with E-state index in [4.69, 9.17) is 19.0 Å². The third-order valence-corrected chi connectivity index (χ3v) is 5.33. The molecule has 2 N–H and O–H groups in total. The lowest BCUT2D eigenvalue weighted by atomic mass is 9.74. The number of rotatable bonds is 7. The Balaban J connectivity index is 1.80. The van der Waals surface area contributed by atoms with Crippen molar-refractivity contribution in [2.45, 2.75) is 31.6 Å². The Morgan fingerprint density at radius 1 is 1.21 bits per heavy atom. The van der Waals surface area contributed by atoms with Crippen molar-refractivity contribution in [1.82, 2.24) is 5.32 Å². The number of nitrogens with one attached hydrogen (secondary N) is 1. The Bertz CT molecular complexity index is 833. The van der Waals surface area contributed by atoms with Crippen LogP contribution in [-0.2, 0) is 21.4 Å². The standard InChI is InChI=1S/C21H25NO6/c1-14-12-28-17(11-18(23)24)19(14)20(25)22-13-21(7-9-27-10-8-21)15-3-5-16(26-2)6-4-15/h3-6,12H,7-11,13H2,1-2H3,(H,22,25)(H,23,24). The van der Waals surface area contributed by atoms with Gasteiger partial charge in [-0.2, -0.15) is 0 Å². The molecule has 1 aromatic carbocycles. The Kier molecular flexibility index (Phi) is 6.04. The van der Waals surface area contributed by atoms with Crippen LogP contribution in [0.1, 0.15) is 40.1 Å². The largest absolute Gasteiger partial charge is 0.497 e. The molecule has 7 nitrogen and oxygen atoms in total. The van der Waals surface area contributed by atoms with Gasteiger partial charge >= 0.3 is 5.97 Å². The molecule has 2 aromatic rings. The van der Waals surface area contributed by atoms with Gasteiger partial charge in [0, 0.05) is 30.7 Å². The highest BCUT2D eigenvalue weighted by Crippen LogP contribution is 2.35. The molecule has 28 heavy (non-hydrogen) atoms.